The number of carbonyl (C=O) groups is 1. The van der Waals surface area contributed by atoms with E-state index in [-0.39, 0.29) is 18.1 Å². The van der Waals surface area contributed by atoms with Crippen molar-refractivity contribution in [3.63, 3.8) is 0 Å². The molecule has 1 saturated carbocycles. The summed E-state index contributed by atoms with van der Waals surface area (Å²) in [5, 5.41) is 10.1. The Kier molecular flexibility index (Phi) is 8.69. The number of nitrogens with one attached hydrogen (secondary N) is 2. The Balaban J connectivity index is 1.25. The van der Waals surface area contributed by atoms with Crippen LogP contribution in [-0.4, -0.2) is 87.2 Å². The van der Waals surface area contributed by atoms with Gasteiger partial charge < -0.3 is 29.7 Å². The van der Waals surface area contributed by atoms with Gasteiger partial charge in [0.15, 0.2) is 5.13 Å². The molecular weight excluding hydrogens is 526 g/mol. The fraction of sp³-hybridized carbons (Fsp3) is 0.600. The van der Waals surface area contributed by atoms with E-state index in [1.807, 2.05) is 0 Å². The van der Waals surface area contributed by atoms with Gasteiger partial charge in [-0.3, -0.25) is 9.69 Å². The molecule has 1 aliphatic carbocycles. The summed E-state index contributed by atoms with van der Waals surface area (Å²) in [6, 6.07) is 6.77. The first kappa shape index (κ1) is 27.7. The Morgan fingerprint density at radius 1 is 1.15 bits per heavy atom. The van der Waals surface area contributed by atoms with Gasteiger partial charge in [0, 0.05) is 64.0 Å². The molecule has 216 valence electrons. The number of morpholine rings is 1. The Morgan fingerprint density at radius 2 is 2.00 bits per heavy atom. The molecule has 2 N–H and O–H groups in total. The van der Waals surface area contributed by atoms with Gasteiger partial charge in [-0.15, -0.1) is 11.3 Å². The summed E-state index contributed by atoms with van der Waals surface area (Å²) in [6.07, 6.45) is 5.09. The molecule has 0 bridgehead atoms. The highest BCUT2D eigenvalue weighted by Crippen LogP contribution is 2.39. The second kappa shape index (κ2) is 12.6. The maximum Gasteiger partial charge on any atom is 0.253 e. The third kappa shape index (κ3) is 6.52. The van der Waals surface area contributed by atoms with Crippen LogP contribution in [0.25, 0.3) is 5.70 Å². The van der Waals surface area contributed by atoms with Crippen LogP contribution < -0.4 is 15.5 Å². The van der Waals surface area contributed by atoms with E-state index < -0.39 is 0 Å². The SMILES string of the molecule is CO[C@H]1CCN(c2nc(C(Nc3ccc(CN4CCOC[C@@H]4C)cc3C(=O)NC3CCOCC3)=C3CC3)cs2)C1. The van der Waals surface area contributed by atoms with Crippen molar-refractivity contribution in [2.45, 2.75) is 63.8 Å². The number of amides is 1. The molecule has 3 saturated heterocycles. The fourth-order valence-electron chi connectivity index (χ4n) is 5.72. The van der Waals surface area contributed by atoms with Gasteiger partial charge in [-0.25, -0.2) is 4.98 Å². The molecular formula is C30H41N5O4S. The maximum atomic E-state index is 13.7. The van der Waals surface area contributed by atoms with E-state index >= 15 is 0 Å². The summed E-state index contributed by atoms with van der Waals surface area (Å²) in [4.78, 5) is 23.5. The van der Waals surface area contributed by atoms with Crippen LogP contribution in [0.1, 0.15) is 60.6 Å². The third-order valence-electron chi connectivity index (χ3n) is 8.39. The van der Waals surface area contributed by atoms with Crippen molar-refractivity contribution in [2.75, 3.05) is 63.4 Å². The van der Waals surface area contributed by atoms with Gasteiger partial charge in [0.25, 0.3) is 5.91 Å². The zero-order valence-electron chi connectivity index (χ0n) is 23.6. The minimum atomic E-state index is -0.0342. The predicted octanol–water partition coefficient (Wildman–Crippen LogP) is 4.11. The van der Waals surface area contributed by atoms with Gasteiger partial charge in [0.2, 0.25) is 0 Å². The summed E-state index contributed by atoms with van der Waals surface area (Å²) >= 11 is 1.68. The minimum absolute atomic E-state index is 0.0342. The molecule has 4 heterocycles. The van der Waals surface area contributed by atoms with Gasteiger partial charge in [-0.2, -0.15) is 0 Å². The summed E-state index contributed by atoms with van der Waals surface area (Å²) in [6.45, 7) is 8.60. The van der Waals surface area contributed by atoms with Gasteiger partial charge in [0.05, 0.1) is 42.0 Å². The quantitative estimate of drug-likeness (QED) is 0.468. The Hall–Kier alpha value is -2.50. The molecule has 10 heteroatoms. The zero-order chi connectivity index (χ0) is 27.5. The van der Waals surface area contributed by atoms with Crippen LogP contribution in [0.3, 0.4) is 0 Å². The van der Waals surface area contributed by atoms with Crippen LogP contribution >= 0.6 is 11.3 Å². The standard InChI is InChI=1S/C30H41N5O4S/c1-20-18-39-14-11-34(20)16-21-3-6-26(25(15-21)29(36)31-23-8-12-38-13-9-23)32-28(22-4-5-22)27-19-40-30(33-27)35-10-7-24(17-35)37-2/h3,6,15,19-20,23-24,32H,4-5,7-14,16-18H2,1-2H3,(H,31,36)/t20-,24-/m0/s1. The van der Waals surface area contributed by atoms with Crippen LogP contribution in [0.4, 0.5) is 10.8 Å². The van der Waals surface area contributed by atoms with Crippen molar-refractivity contribution in [3.05, 3.63) is 46.0 Å². The van der Waals surface area contributed by atoms with E-state index in [0.717, 1.165) is 99.3 Å². The predicted molar refractivity (Wildman–Crippen MR) is 158 cm³/mol. The first-order valence-corrected chi connectivity index (χ1v) is 15.5. The molecule has 4 aliphatic rings. The van der Waals surface area contributed by atoms with E-state index in [4.69, 9.17) is 19.2 Å². The molecule has 0 radical (unpaired) electrons. The van der Waals surface area contributed by atoms with Crippen LogP contribution in [0.5, 0.6) is 0 Å². The average molecular weight is 568 g/mol. The lowest BCUT2D eigenvalue weighted by molar-refractivity contribution is -0.00437. The summed E-state index contributed by atoms with van der Waals surface area (Å²) < 4.78 is 16.7. The molecule has 9 nitrogen and oxygen atoms in total. The number of hydrogen-bond acceptors (Lipinski definition) is 9. The number of rotatable bonds is 9. The number of hydrogen-bond donors (Lipinski definition) is 2. The van der Waals surface area contributed by atoms with E-state index in [0.29, 0.717) is 24.8 Å². The fourth-order valence-corrected chi connectivity index (χ4v) is 6.58. The highest BCUT2D eigenvalue weighted by Gasteiger charge is 2.28. The number of allylic oxidation sites excluding steroid dienone is 1. The smallest absolute Gasteiger partial charge is 0.253 e. The third-order valence-corrected chi connectivity index (χ3v) is 9.29. The summed E-state index contributed by atoms with van der Waals surface area (Å²) in [5.74, 6) is -0.0342. The van der Waals surface area contributed by atoms with Gasteiger partial charge in [0.1, 0.15) is 0 Å². The second-order valence-electron chi connectivity index (χ2n) is 11.3. The van der Waals surface area contributed by atoms with Crippen LogP contribution in [0.2, 0.25) is 0 Å². The second-order valence-corrected chi connectivity index (χ2v) is 12.2. The first-order valence-electron chi connectivity index (χ1n) is 14.6. The molecule has 2 aromatic rings. The highest BCUT2D eigenvalue weighted by atomic mass is 32.1. The molecule has 6 rings (SSSR count). The highest BCUT2D eigenvalue weighted by molar-refractivity contribution is 7.13. The zero-order valence-corrected chi connectivity index (χ0v) is 24.4. The molecule has 40 heavy (non-hydrogen) atoms. The number of ether oxygens (including phenoxy) is 3. The lowest BCUT2D eigenvalue weighted by Gasteiger charge is -2.33. The molecule has 4 fully saturated rings. The van der Waals surface area contributed by atoms with Crippen LogP contribution in [-0.2, 0) is 20.8 Å². The van der Waals surface area contributed by atoms with E-state index in [1.165, 1.54) is 5.57 Å². The molecule has 0 unspecified atom stereocenters. The maximum absolute atomic E-state index is 13.7. The molecule has 0 spiro atoms. The normalized spacial score (nSPS) is 23.9. The van der Waals surface area contributed by atoms with Crippen LogP contribution in [0.15, 0.2) is 29.2 Å². The monoisotopic (exact) mass is 567 g/mol. The van der Waals surface area contributed by atoms with Crippen molar-refractivity contribution in [1.29, 1.82) is 0 Å². The van der Waals surface area contributed by atoms with Gasteiger partial charge in [-0.05, 0) is 62.3 Å². The van der Waals surface area contributed by atoms with Gasteiger partial charge in [-0.1, -0.05) is 6.07 Å². The number of nitrogens with zero attached hydrogens (tertiary/aromatic N) is 3. The number of methoxy groups -OCH3 is 1. The molecule has 3 aliphatic heterocycles. The number of thiazole rings is 1. The van der Waals surface area contributed by atoms with E-state index in [1.54, 1.807) is 18.4 Å². The largest absolute Gasteiger partial charge is 0.381 e. The van der Waals surface area contributed by atoms with E-state index in [2.05, 4.69) is 50.9 Å². The summed E-state index contributed by atoms with van der Waals surface area (Å²) in [5.41, 5.74) is 5.99. The lowest BCUT2D eigenvalue weighted by atomic mass is 10.0. The van der Waals surface area contributed by atoms with Crippen molar-refractivity contribution >= 4 is 33.8 Å². The minimum Gasteiger partial charge on any atom is -0.381 e. The topological polar surface area (TPSA) is 88.2 Å². The summed E-state index contributed by atoms with van der Waals surface area (Å²) in [7, 11) is 1.78. The Labute approximate surface area is 240 Å². The number of carbonyl (C=O) groups excluding carboxylic acids is 1. The molecule has 2 atom stereocenters. The van der Waals surface area contributed by atoms with Crippen molar-refractivity contribution in [3.8, 4) is 0 Å². The number of benzene rings is 1. The Morgan fingerprint density at radius 3 is 2.75 bits per heavy atom. The van der Waals surface area contributed by atoms with Crippen molar-refractivity contribution in [2.24, 2.45) is 0 Å². The first-order chi connectivity index (χ1) is 19.6. The van der Waals surface area contributed by atoms with Gasteiger partial charge >= 0.3 is 0 Å². The number of aromatic nitrogens is 1. The molecule has 1 aromatic carbocycles. The van der Waals surface area contributed by atoms with Crippen molar-refractivity contribution in [1.82, 2.24) is 15.2 Å². The van der Waals surface area contributed by atoms with Crippen molar-refractivity contribution < 1.29 is 19.0 Å². The van der Waals surface area contributed by atoms with E-state index in [9.17, 15) is 4.79 Å². The Bertz CT molecular complexity index is 1220. The lowest BCUT2D eigenvalue weighted by Crippen LogP contribution is -2.43. The molecule has 1 aromatic heterocycles. The molecule has 1 amide bonds. The number of anilines is 2. The average Bonchev–Trinajstić information content (AvgIpc) is 3.49. The van der Waals surface area contributed by atoms with Crippen LogP contribution in [0, 0.1) is 0 Å².